The number of amides is 1. The first kappa shape index (κ1) is 20.9. The van der Waals surface area contributed by atoms with Gasteiger partial charge in [-0.1, -0.05) is 12.1 Å². The van der Waals surface area contributed by atoms with Gasteiger partial charge in [0, 0.05) is 17.4 Å². The average Bonchev–Trinajstić information content (AvgIpc) is 3.31. The predicted octanol–water partition coefficient (Wildman–Crippen LogP) is 3.00. The third-order valence-corrected chi connectivity index (χ3v) is 4.54. The van der Waals surface area contributed by atoms with Crippen LogP contribution in [0.4, 0.5) is 5.69 Å². The number of nitrogens with one attached hydrogen (secondary N) is 2. The van der Waals surface area contributed by atoms with Crippen LogP contribution in [0, 0.1) is 0 Å². The van der Waals surface area contributed by atoms with E-state index in [-0.39, 0.29) is 25.2 Å². The summed E-state index contributed by atoms with van der Waals surface area (Å²) in [4.78, 5) is 33.4. The van der Waals surface area contributed by atoms with E-state index in [4.69, 9.17) is 14.2 Å². The van der Waals surface area contributed by atoms with E-state index in [1.54, 1.807) is 48.7 Å². The first-order chi connectivity index (χ1) is 15.6. The van der Waals surface area contributed by atoms with Crippen LogP contribution < -0.4 is 20.1 Å². The first-order valence-corrected chi connectivity index (χ1v) is 9.73. The Labute approximate surface area is 184 Å². The fraction of sp³-hybridized carbons (Fsp3) is 0.130. The van der Waals surface area contributed by atoms with Crippen molar-refractivity contribution >= 4 is 23.5 Å². The molecule has 9 heteroatoms. The Kier molecular flexibility index (Phi) is 6.26. The van der Waals surface area contributed by atoms with Gasteiger partial charge in [-0.25, -0.2) is 9.79 Å². The van der Waals surface area contributed by atoms with Gasteiger partial charge < -0.3 is 19.5 Å². The topological polar surface area (TPSA) is 111 Å². The van der Waals surface area contributed by atoms with Gasteiger partial charge in [-0.05, 0) is 48.5 Å². The number of pyridine rings is 1. The number of aromatic nitrogens is 1. The molecule has 1 aliphatic heterocycles. The van der Waals surface area contributed by atoms with Crippen LogP contribution in [0.3, 0.4) is 0 Å². The Morgan fingerprint density at radius 1 is 1.03 bits per heavy atom. The number of hydrogen-bond donors (Lipinski definition) is 2. The van der Waals surface area contributed by atoms with Crippen LogP contribution in [0.25, 0.3) is 0 Å². The maximum atomic E-state index is 12.9. The van der Waals surface area contributed by atoms with Gasteiger partial charge in [0.05, 0.1) is 24.9 Å². The van der Waals surface area contributed by atoms with E-state index in [0.717, 1.165) is 5.69 Å². The Morgan fingerprint density at radius 2 is 1.91 bits per heavy atom. The summed E-state index contributed by atoms with van der Waals surface area (Å²) >= 11 is 0. The fourth-order valence-electron chi connectivity index (χ4n) is 2.96. The van der Waals surface area contributed by atoms with E-state index in [1.165, 1.54) is 7.11 Å². The Bertz CT molecular complexity index is 1160. The van der Waals surface area contributed by atoms with Gasteiger partial charge >= 0.3 is 5.97 Å². The van der Waals surface area contributed by atoms with Gasteiger partial charge in [0.1, 0.15) is 0 Å². The van der Waals surface area contributed by atoms with E-state index >= 15 is 0 Å². The molecule has 0 radical (unpaired) electrons. The zero-order valence-corrected chi connectivity index (χ0v) is 17.2. The van der Waals surface area contributed by atoms with Crippen molar-refractivity contribution in [1.29, 1.82) is 0 Å². The summed E-state index contributed by atoms with van der Waals surface area (Å²) in [5.74, 6) is 0.428. The lowest BCUT2D eigenvalue weighted by Crippen LogP contribution is -2.36. The lowest BCUT2D eigenvalue weighted by molar-refractivity contribution is 0.0600. The number of benzene rings is 2. The molecule has 2 heterocycles. The highest BCUT2D eigenvalue weighted by Gasteiger charge is 2.17. The molecular weight excluding hydrogens is 412 g/mol. The molecule has 3 aromatic rings. The molecule has 4 rings (SSSR count). The lowest BCUT2D eigenvalue weighted by atomic mass is 10.2. The average molecular weight is 432 g/mol. The summed E-state index contributed by atoms with van der Waals surface area (Å²) < 4.78 is 15.4. The van der Waals surface area contributed by atoms with Crippen LogP contribution in [-0.4, -0.2) is 36.7 Å². The van der Waals surface area contributed by atoms with E-state index in [9.17, 15) is 9.59 Å². The molecule has 0 aliphatic carbocycles. The molecule has 1 amide bonds. The summed E-state index contributed by atoms with van der Waals surface area (Å²) in [5.41, 5.74) is 2.03. The van der Waals surface area contributed by atoms with Crippen molar-refractivity contribution in [2.45, 2.75) is 6.54 Å². The highest BCUT2D eigenvalue weighted by atomic mass is 16.7. The summed E-state index contributed by atoms with van der Waals surface area (Å²) in [6.45, 7) is 0.358. The monoisotopic (exact) mass is 432 g/mol. The smallest absolute Gasteiger partial charge is 0.337 e. The van der Waals surface area contributed by atoms with Gasteiger partial charge in [-0.15, -0.1) is 0 Å². The van der Waals surface area contributed by atoms with Crippen molar-refractivity contribution < 1.29 is 23.8 Å². The number of aliphatic imine (C=N–C) groups is 1. The number of nitrogens with zero attached hydrogens (tertiary/aromatic N) is 2. The first-order valence-electron chi connectivity index (χ1n) is 9.73. The second-order valence-corrected chi connectivity index (χ2v) is 6.71. The minimum atomic E-state index is -0.468. The van der Waals surface area contributed by atoms with Gasteiger partial charge in [-0.3, -0.25) is 15.1 Å². The van der Waals surface area contributed by atoms with Crippen LogP contribution in [0.5, 0.6) is 11.5 Å². The molecule has 1 aromatic heterocycles. The third kappa shape index (κ3) is 5.01. The number of rotatable bonds is 5. The Morgan fingerprint density at radius 3 is 2.72 bits per heavy atom. The van der Waals surface area contributed by atoms with Crippen LogP contribution in [0.1, 0.15) is 26.4 Å². The fourth-order valence-corrected chi connectivity index (χ4v) is 2.96. The quantitative estimate of drug-likeness (QED) is 0.362. The zero-order chi connectivity index (χ0) is 22.3. The molecule has 2 N–H and O–H groups in total. The molecular formula is C23H20N4O5. The number of carbonyl (C=O) groups excluding carboxylic acids is 2. The molecule has 0 bridgehead atoms. The van der Waals surface area contributed by atoms with Crippen LogP contribution in [-0.2, 0) is 11.3 Å². The normalized spacial score (nSPS) is 12.2. The van der Waals surface area contributed by atoms with Gasteiger partial charge in [-0.2, -0.15) is 0 Å². The van der Waals surface area contributed by atoms with Crippen LogP contribution in [0.2, 0.25) is 0 Å². The summed E-state index contributed by atoms with van der Waals surface area (Å²) in [6.07, 6.45) is 1.67. The van der Waals surface area contributed by atoms with E-state index in [2.05, 4.69) is 20.6 Å². The highest BCUT2D eigenvalue weighted by Crippen LogP contribution is 2.32. The number of ether oxygens (including phenoxy) is 3. The minimum absolute atomic E-state index is 0.120. The van der Waals surface area contributed by atoms with Gasteiger partial charge in [0.15, 0.2) is 11.5 Å². The van der Waals surface area contributed by atoms with Crippen molar-refractivity contribution in [3.8, 4) is 11.5 Å². The maximum Gasteiger partial charge on any atom is 0.337 e. The van der Waals surface area contributed by atoms with Crippen molar-refractivity contribution in [3.05, 3.63) is 83.7 Å². The third-order valence-electron chi connectivity index (χ3n) is 4.54. The molecule has 0 saturated carbocycles. The van der Waals surface area contributed by atoms with Crippen LogP contribution >= 0.6 is 0 Å². The zero-order valence-electron chi connectivity index (χ0n) is 17.2. The molecule has 162 valence electrons. The molecule has 32 heavy (non-hydrogen) atoms. The molecule has 0 fully saturated rings. The van der Waals surface area contributed by atoms with E-state index in [0.29, 0.717) is 28.3 Å². The summed E-state index contributed by atoms with van der Waals surface area (Å²) in [5, 5.41) is 5.81. The number of esters is 1. The standard InChI is InChI=1S/C23H20N4O5/c1-30-22(29)16-5-4-7-17(11-16)26-23(25-13-18-6-2-3-10-24-18)27-21(28)15-8-9-19-20(12-15)32-14-31-19/h2-12H,13-14H2,1H3,(H2,25,26,27,28). The van der Waals surface area contributed by atoms with E-state index < -0.39 is 5.97 Å². The van der Waals surface area contributed by atoms with Crippen molar-refractivity contribution in [3.63, 3.8) is 0 Å². The maximum absolute atomic E-state index is 12.9. The van der Waals surface area contributed by atoms with Crippen LogP contribution in [0.15, 0.2) is 71.9 Å². The number of fused-ring (bicyclic) bond motifs is 1. The van der Waals surface area contributed by atoms with Gasteiger partial charge in [0.25, 0.3) is 5.91 Å². The molecule has 0 atom stereocenters. The molecule has 2 aromatic carbocycles. The molecule has 0 saturated heterocycles. The number of guanidine groups is 1. The SMILES string of the molecule is COC(=O)c1cccc(NC(=NCc2ccccn2)NC(=O)c2ccc3c(c2)OCO3)c1. The summed E-state index contributed by atoms with van der Waals surface area (Å²) in [7, 11) is 1.31. The Hall–Kier alpha value is -4.40. The van der Waals surface area contributed by atoms with Crippen molar-refractivity contribution in [1.82, 2.24) is 10.3 Å². The number of carbonyl (C=O) groups is 2. The second-order valence-electron chi connectivity index (χ2n) is 6.71. The number of methoxy groups -OCH3 is 1. The minimum Gasteiger partial charge on any atom is -0.465 e. The molecule has 0 unspecified atom stereocenters. The predicted molar refractivity (Wildman–Crippen MR) is 117 cm³/mol. The number of hydrogen-bond acceptors (Lipinski definition) is 7. The van der Waals surface area contributed by atoms with E-state index in [1.807, 2.05) is 18.2 Å². The lowest BCUT2D eigenvalue weighted by Gasteiger charge is -2.13. The largest absolute Gasteiger partial charge is 0.465 e. The summed E-state index contributed by atoms with van der Waals surface area (Å²) in [6, 6.07) is 17.1. The molecule has 0 spiro atoms. The second kappa shape index (κ2) is 9.61. The molecule has 9 nitrogen and oxygen atoms in total. The number of anilines is 1. The van der Waals surface area contributed by atoms with Gasteiger partial charge in [0.2, 0.25) is 12.8 Å². The Balaban J connectivity index is 1.56. The van der Waals surface area contributed by atoms with Crippen molar-refractivity contribution in [2.75, 3.05) is 19.2 Å². The van der Waals surface area contributed by atoms with Crippen molar-refractivity contribution in [2.24, 2.45) is 4.99 Å². The highest BCUT2D eigenvalue weighted by molar-refractivity contribution is 6.10. The molecule has 1 aliphatic rings.